The first kappa shape index (κ1) is 15.0. The number of hydrogen-bond donors (Lipinski definition) is 1. The van der Waals surface area contributed by atoms with E-state index in [0.29, 0.717) is 12.8 Å². The molecule has 1 saturated carbocycles. The first-order valence-corrected chi connectivity index (χ1v) is 7.34. The summed E-state index contributed by atoms with van der Waals surface area (Å²) in [5, 5.41) is 14.8. The normalized spacial score (nSPS) is 22.8. The molecule has 2 atom stereocenters. The van der Waals surface area contributed by atoms with Crippen molar-refractivity contribution in [2.24, 2.45) is 0 Å². The zero-order chi connectivity index (χ0) is 14.7. The van der Waals surface area contributed by atoms with Crippen LogP contribution in [0.2, 0.25) is 0 Å². The van der Waals surface area contributed by atoms with Gasteiger partial charge in [-0.3, -0.25) is 9.48 Å². The van der Waals surface area contributed by atoms with E-state index in [2.05, 4.69) is 9.84 Å². The van der Waals surface area contributed by atoms with Gasteiger partial charge in [-0.15, -0.1) is 0 Å². The minimum atomic E-state index is -0.310. The highest BCUT2D eigenvalue weighted by Crippen LogP contribution is 2.30. The Morgan fingerprint density at radius 3 is 2.75 bits per heavy atom. The molecule has 1 aromatic heterocycles. The number of ether oxygens (including phenoxy) is 1. The molecule has 1 heterocycles. The Balaban J connectivity index is 2.17. The van der Waals surface area contributed by atoms with E-state index in [1.165, 1.54) is 7.11 Å². The molecule has 0 aromatic carbocycles. The number of methoxy groups -OCH3 is 1. The Morgan fingerprint density at radius 1 is 1.40 bits per heavy atom. The van der Waals surface area contributed by atoms with Crippen LogP contribution in [0.4, 0.5) is 0 Å². The lowest BCUT2D eigenvalue weighted by molar-refractivity contribution is -0.140. The lowest BCUT2D eigenvalue weighted by Crippen LogP contribution is -2.29. The van der Waals surface area contributed by atoms with E-state index >= 15 is 0 Å². The van der Waals surface area contributed by atoms with Gasteiger partial charge in [0.25, 0.3) is 0 Å². The number of hydrogen-bond acceptors (Lipinski definition) is 4. The van der Waals surface area contributed by atoms with E-state index < -0.39 is 0 Å². The monoisotopic (exact) mass is 280 g/mol. The van der Waals surface area contributed by atoms with E-state index in [0.717, 1.165) is 42.6 Å². The van der Waals surface area contributed by atoms with E-state index in [9.17, 15) is 9.90 Å². The number of rotatable bonds is 4. The largest absolute Gasteiger partial charge is 0.469 e. The molecule has 1 fully saturated rings. The van der Waals surface area contributed by atoms with Gasteiger partial charge in [-0.2, -0.15) is 5.10 Å². The third kappa shape index (κ3) is 3.03. The zero-order valence-corrected chi connectivity index (χ0v) is 12.6. The Morgan fingerprint density at radius 2 is 2.10 bits per heavy atom. The highest BCUT2D eigenvalue weighted by molar-refractivity contribution is 5.69. The third-order valence-electron chi connectivity index (χ3n) is 4.29. The van der Waals surface area contributed by atoms with Crippen LogP contribution >= 0.6 is 0 Å². The van der Waals surface area contributed by atoms with Gasteiger partial charge >= 0.3 is 5.97 Å². The van der Waals surface area contributed by atoms with Crippen molar-refractivity contribution in [1.82, 2.24) is 9.78 Å². The topological polar surface area (TPSA) is 64.3 Å². The van der Waals surface area contributed by atoms with Crippen molar-refractivity contribution >= 4 is 5.97 Å². The molecule has 0 bridgehead atoms. The summed E-state index contributed by atoms with van der Waals surface area (Å²) in [5.74, 6) is -0.200. The molecule has 0 radical (unpaired) electrons. The molecule has 1 aromatic rings. The molecule has 5 heteroatoms. The summed E-state index contributed by atoms with van der Waals surface area (Å²) in [4.78, 5) is 11.3. The number of carbonyl (C=O) groups is 1. The van der Waals surface area contributed by atoms with Crippen LogP contribution in [0.15, 0.2) is 0 Å². The zero-order valence-electron chi connectivity index (χ0n) is 12.6. The van der Waals surface area contributed by atoms with Crippen molar-refractivity contribution in [3.63, 3.8) is 0 Å². The van der Waals surface area contributed by atoms with Crippen LogP contribution in [-0.4, -0.2) is 34.1 Å². The fraction of sp³-hybridized carbons (Fsp3) is 0.733. The summed E-state index contributed by atoms with van der Waals surface area (Å²) in [7, 11) is 1.41. The van der Waals surface area contributed by atoms with E-state index in [1.807, 2.05) is 18.5 Å². The van der Waals surface area contributed by atoms with Gasteiger partial charge < -0.3 is 9.84 Å². The maximum atomic E-state index is 11.3. The highest BCUT2D eigenvalue weighted by Gasteiger charge is 2.27. The molecule has 1 aliphatic rings. The Kier molecular flexibility index (Phi) is 4.81. The number of nitrogens with zero attached hydrogens (tertiary/aromatic N) is 2. The maximum absolute atomic E-state index is 11.3. The molecule has 0 amide bonds. The highest BCUT2D eigenvalue weighted by atomic mass is 16.5. The molecular formula is C15H24N2O3. The second kappa shape index (κ2) is 6.39. The minimum absolute atomic E-state index is 0.0781. The number of esters is 1. The molecule has 2 unspecified atom stereocenters. The van der Waals surface area contributed by atoms with Gasteiger partial charge in [0.05, 0.1) is 24.9 Å². The van der Waals surface area contributed by atoms with Crippen LogP contribution in [0.25, 0.3) is 0 Å². The van der Waals surface area contributed by atoms with Crippen molar-refractivity contribution in [2.45, 2.75) is 64.5 Å². The standard InChI is InChI=1S/C15H24N2O3/c1-10-12(8-9-15(19)20-3)11(2)17(16-10)13-6-4-5-7-14(13)18/h13-14,18H,4-9H2,1-3H3. The lowest BCUT2D eigenvalue weighted by atomic mass is 9.92. The van der Waals surface area contributed by atoms with Crippen molar-refractivity contribution in [3.05, 3.63) is 17.0 Å². The lowest BCUT2D eigenvalue weighted by Gasteiger charge is -2.28. The Labute approximate surface area is 119 Å². The molecule has 112 valence electrons. The van der Waals surface area contributed by atoms with Crippen LogP contribution in [0, 0.1) is 13.8 Å². The second-order valence-electron chi connectivity index (χ2n) is 5.59. The summed E-state index contributed by atoms with van der Waals surface area (Å²) >= 11 is 0. The predicted molar refractivity (Wildman–Crippen MR) is 75.5 cm³/mol. The number of aryl methyl sites for hydroxylation is 1. The number of aliphatic hydroxyl groups is 1. The van der Waals surface area contributed by atoms with Gasteiger partial charge in [0.1, 0.15) is 0 Å². The molecule has 0 spiro atoms. The van der Waals surface area contributed by atoms with E-state index in [1.54, 1.807) is 0 Å². The molecule has 1 N–H and O–H groups in total. The van der Waals surface area contributed by atoms with Crippen LogP contribution in [0.5, 0.6) is 0 Å². The van der Waals surface area contributed by atoms with Gasteiger partial charge in [0.2, 0.25) is 0 Å². The minimum Gasteiger partial charge on any atom is -0.469 e. The molecule has 2 rings (SSSR count). The van der Waals surface area contributed by atoms with Gasteiger partial charge in [-0.25, -0.2) is 0 Å². The Hall–Kier alpha value is -1.36. The summed E-state index contributed by atoms with van der Waals surface area (Å²) in [5.41, 5.74) is 3.12. The Bertz CT molecular complexity index is 482. The number of aliphatic hydroxyl groups excluding tert-OH is 1. The fourth-order valence-corrected chi connectivity index (χ4v) is 3.09. The molecule has 1 aliphatic carbocycles. The van der Waals surface area contributed by atoms with Gasteiger partial charge in [-0.1, -0.05) is 12.8 Å². The van der Waals surface area contributed by atoms with Crippen LogP contribution in [0.1, 0.15) is 55.1 Å². The third-order valence-corrected chi connectivity index (χ3v) is 4.29. The van der Waals surface area contributed by atoms with E-state index in [4.69, 9.17) is 0 Å². The first-order chi connectivity index (χ1) is 9.54. The van der Waals surface area contributed by atoms with Crippen LogP contribution in [-0.2, 0) is 16.0 Å². The second-order valence-corrected chi connectivity index (χ2v) is 5.59. The summed E-state index contributed by atoms with van der Waals surface area (Å²) in [6.45, 7) is 3.99. The van der Waals surface area contributed by atoms with Gasteiger partial charge in [0.15, 0.2) is 0 Å². The summed E-state index contributed by atoms with van der Waals surface area (Å²) in [6.07, 6.45) is 4.75. The molecule has 5 nitrogen and oxygen atoms in total. The summed E-state index contributed by atoms with van der Waals surface area (Å²) in [6, 6.07) is 0.0781. The molecule has 20 heavy (non-hydrogen) atoms. The molecular weight excluding hydrogens is 256 g/mol. The van der Waals surface area contributed by atoms with E-state index in [-0.39, 0.29) is 18.1 Å². The molecule has 0 saturated heterocycles. The number of carbonyl (C=O) groups excluding carboxylic acids is 1. The smallest absolute Gasteiger partial charge is 0.305 e. The average Bonchev–Trinajstić information content (AvgIpc) is 2.72. The average molecular weight is 280 g/mol. The van der Waals surface area contributed by atoms with Crippen molar-refractivity contribution in [2.75, 3.05) is 7.11 Å². The van der Waals surface area contributed by atoms with Crippen molar-refractivity contribution < 1.29 is 14.6 Å². The fourth-order valence-electron chi connectivity index (χ4n) is 3.09. The van der Waals surface area contributed by atoms with Crippen molar-refractivity contribution in [3.8, 4) is 0 Å². The van der Waals surface area contributed by atoms with Gasteiger partial charge in [0, 0.05) is 12.1 Å². The van der Waals surface area contributed by atoms with Crippen LogP contribution < -0.4 is 0 Å². The van der Waals surface area contributed by atoms with Gasteiger partial charge in [-0.05, 0) is 38.7 Å². The quantitative estimate of drug-likeness (QED) is 0.858. The SMILES string of the molecule is COC(=O)CCc1c(C)nn(C2CCCCC2O)c1C. The molecule has 0 aliphatic heterocycles. The number of aromatic nitrogens is 2. The van der Waals surface area contributed by atoms with Crippen molar-refractivity contribution in [1.29, 1.82) is 0 Å². The predicted octanol–water partition coefficient (Wildman–Crippen LogP) is 2.08. The maximum Gasteiger partial charge on any atom is 0.305 e. The first-order valence-electron chi connectivity index (χ1n) is 7.34. The van der Waals surface area contributed by atoms with Crippen LogP contribution in [0.3, 0.4) is 0 Å². The summed E-state index contributed by atoms with van der Waals surface area (Å²) < 4.78 is 6.65.